The lowest BCUT2D eigenvalue weighted by Gasteiger charge is -2.06. The topological polar surface area (TPSA) is 38.9 Å². The van der Waals surface area contributed by atoms with E-state index in [4.69, 9.17) is 17.3 Å². The summed E-state index contributed by atoms with van der Waals surface area (Å²) in [5.74, 6) is 0. The summed E-state index contributed by atoms with van der Waals surface area (Å²) < 4.78 is 0. The minimum absolute atomic E-state index is 0.640. The Morgan fingerprint density at radius 3 is 2.75 bits per heavy atom. The molecule has 0 amide bonds. The average molecular weight is 251 g/mol. The summed E-state index contributed by atoms with van der Waals surface area (Å²) in [5, 5.41) is 1.53. The normalized spacial score (nSPS) is 10.4. The van der Waals surface area contributed by atoms with Crippen molar-refractivity contribution in [1.82, 2.24) is 4.98 Å². The summed E-state index contributed by atoms with van der Waals surface area (Å²) >= 11 is 7.32. The molecule has 0 atom stereocenters. The van der Waals surface area contributed by atoms with Crippen molar-refractivity contribution in [2.75, 3.05) is 5.73 Å². The van der Waals surface area contributed by atoms with Gasteiger partial charge in [0.25, 0.3) is 0 Å². The molecular formula is C12H11ClN2S. The van der Waals surface area contributed by atoms with Gasteiger partial charge in [-0.05, 0) is 30.7 Å². The average Bonchev–Trinajstić information content (AvgIpc) is 2.28. The number of aryl methyl sites for hydroxylation is 1. The van der Waals surface area contributed by atoms with E-state index in [1.165, 1.54) is 0 Å². The van der Waals surface area contributed by atoms with Crippen LogP contribution in [0.5, 0.6) is 0 Å². The van der Waals surface area contributed by atoms with E-state index in [1.54, 1.807) is 18.0 Å². The van der Waals surface area contributed by atoms with Crippen LogP contribution in [0.25, 0.3) is 0 Å². The van der Waals surface area contributed by atoms with Crippen molar-refractivity contribution in [3.8, 4) is 0 Å². The van der Waals surface area contributed by atoms with E-state index in [-0.39, 0.29) is 0 Å². The molecule has 0 saturated carbocycles. The lowest BCUT2D eigenvalue weighted by molar-refractivity contribution is 1.13. The van der Waals surface area contributed by atoms with Gasteiger partial charge in [0, 0.05) is 16.8 Å². The summed E-state index contributed by atoms with van der Waals surface area (Å²) in [6.45, 7) is 1.99. The molecule has 0 spiro atoms. The molecule has 0 aliphatic rings. The molecule has 82 valence electrons. The first-order chi connectivity index (χ1) is 7.66. The predicted molar refractivity (Wildman–Crippen MR) is 69.0 cm³/mol. The van der Waals surface area contributed by atoms with Gasteiger partial charge in [-0.15, -0.1) is 0 Å². The fourth-order valence-corrected chi connectivity index (χ4v) is 2.27. The van der Waals surface area contributed by atoms with Crippen LogP contribution in [0.15, 0.2) is 46.5 Å². The Kier molecular flexibility index (Phi) is 3.36. The van der Waals surface area contributed by atoms with E-state index >= 15 is 0 Å². The highest BCUT2D eigenvalue weighted by Gasteiger charge is 2.04. The van der Waals surface area contributed by atoms with Crippen LogP contribution >= 0.6 is 23.4 Å². The number of anilines is 1. The van der Waals surface area contributed by atoms with E-state index in [9.17, 15) is 0 Å². The third kappa shape index (κ3) is 2.49. The van der Waals surface area contributed by atoms with Gasteiger partial charge in [-0.1, -0.05) is 35.5 Å². The van der Waals surface area contributed by atoms with Crippen LogP contribution in [-0.2, 0) is 0 Å². The highest BCUT2D eigenvalue weighted by atomic mass is 35.5. The summed E-state index contributed by atoms with van der Waals surface area (Å²) in [6, 6.07) is 9.68. The standard InChI is InChI=1S/C12H11ClN2S/c1-8-3-2-4-10(12(8)14)16-11-6-5-9(13)7-15-11/h2-7H,14H2,1H3. The van der Waals surface area contributed by atoms with Gasteiger partial charge in [0.05, 0.1) is 5.02 Å². The first kappa shape index (κ1) is 11.3. The van der Waals surface area contributed by atoms with Crippen molar-refractivity contribution in [2.45, 2.75) is 16.8 Å². The fourth-order valence-electron chi connectivity index (χ4n) is 1.28. The molecule has 0 unspecified atom stereocenters. The quantitative estimate of drug-likeness (QED) is 0.825. The van der Waals surface area contributed by atoms with Crippen molar-refractivity contribution >= 4 is 29.1 Å². The molecular weight excluding hydrogens is 240 g/mol. The van der Waals surface area contributed by atoms with Crippen LogP contribution in [-0.4, -0.2) is 4.98 Å². The van der Waals surface area contributed by atoms with Gasteiger partial charge in [0.1, 0.15) is 5.03 Å². The van der Waals surface area contributed by atoms with Gasteiger partial charge in [-0.2, -0.15) is 0 Å². The lowest BCUT2D eigenvalue weighted by Crippen LogP contribution is -1.92. The first-order valence-corrected chi connectivity index (χ1v) is 6.01. The van der Waals surface area contributed by atoms with Crippen LogP contribution in [0.3, 0.4) is 0 Å². The summed E-state index contributed by atoms with van der Waals surface area (Å²) in [4.78, 5) is 5.24. The van der Waals surface area contributed by atoms with Crippen LogP contribution in [0.2, 0.25) is 5.02 Å². The number of pyridine rings is 1. The number of benzene rings is 1. The molecule has 0 bridgehead atoms. The van der Waals surface area contributed by atoms with Crippen molar-refractivity contribution in [1.29, 1.82) is 0 Å². The van der Waals surface area contributed by atoms with Crippen LogP contribution in [0.1, 0.15) is 5.56 Å². The number of nitrogens with zero attached hydrogens (tertiary/aromatic N) is 1. The zero-order valence-corrected chi connectivity index (χ0v) is 10.3. The summed E-state index contributed by atoms with van der Waals surface area (Å²) in [7, 11) is 0. The van der Waals surface area contributed by atoms with Crippen LogP contribution in [0, 0.1) is 6.92 Å². The number of hydrogen-bond donors (Lipinski definition) is 1. The maximum absolute atomic E-state index is 5.99. The Labute approximate surface area is 104 Å². The van der Waals surface area contributed by atoms with Gasteiger partial charge in [0.15, 0.2) is 0 Å². The molecule has 0 aliphatic carbocycles. The van der Waals surface area contributed by atoms with Crippen LogP contribution in [0.4, 0.5) is 5.69 Å². The maximum Gasteiger partial charge on any atom is 0.101 e. The fraction of sp³-hybridized carbons (Fsp3) is 0.0833. The molecule has 0 fully saturated rings. The second-order valence-corrected chi connectivity index (χ2v) is 4.90. The number of nitrogens with two attached hydrogens (primary N) is 1. The molecule has 2 aromatic rings. The van der Waals surface area contributed by atoms with Crippen molar-refractivity contribution < 1.29 is 0 Å². The second kappa shape index (κ2) is 4.76. The highest BCUT2D eigenvalue weighted by Crippen LogP contribution is 2.32. The monoisotopic (exact) mass is 250 g/mol. The van der Waals surface area contributed by atoms with E-state index < -0.39 is 0 Å². The Balaban J connectivity index is 2.27. The largest absolute Gasteiger partial charge is 0.398 e. The van der Waals surface area contributed by atoms with Gasteiger partial charge >= 0.3 is 0 Å². The maximum atomic E-state index is 5.99. The predicted octanol–water partition coefficient (Wildman–Crippen LogP) is 3.78. The molecule has 2 nitrogen and oxygen atoms in total. The lowest BCUT2D eigenvalue weighted by atomic mass is 10.2. The van der Waals surface area contributed by atoms with Crippen LogP contribution < -0.4 is 5.73 Å². The smallest absolute Gasteiger partial charge is 0.101 e. The molecule has 1 heterocycles. The summed E-state index contributed by atoms with van der Waals surface area (Å²) in [6.07, 6.45) is 1.63. The van der Waals surface area contributed by atoms with E-state index in [1.807, 2.05) is 37.3 Å². The molecule has 0 radical (unpaired) electrons. The Bertz CT molecular complexity index is 497. The van der Waals surface area contributed by atoms with Crippen molar-refractivity contribution in [3.63, 3.8) is 0 Å². The van der Waals surface area contributed by atoms with Gasteiger partial charge in [-0.25, -0.2) is 4.98 Å². The highest BCUT2D eigenvalue weighted by molar-refractivity contribution is 7.99. The van der Waals surface area contributed by atoms with Gasteiger partial charge in [-0.3, -0.25) is 0 Å². The van der Waals surface area contributed by atoms with E-state index in [0.29, 0.717) is 5.02 Å². The minimum atomic E-state index is 0.640. The third-order valence-corrected chi connectivity index (χ3v) is 3.45. The molecule has 16 heavy (non-hydrogen) atoms. The molecule has 0 aliphatic heterocycles. The second-order valence-electron chi connectivity index (χ2n) is 3.40. The molecule has 2 N–H and O–H groups in total. The van der Waals surface area contributed by atoms with E-state index in [2.05, 4.69) is 4.98 Å². The molecule has 1 aromatic heterocycles. The zero-order valence-electron chi connectivity index (χ0n) is 8.77. The summed E-state index contributed by atoms with van der Waals surface area (Å²) in [5.41, 5.74) is 7.88. The number of halogens is 1. The molecule has 4 heteroatoms. The number of para-hydroxylation sites is 1. The zero-order chi connectivity index (χ0) is 11.5. The Morgan fingerprint density at radius 2 is 2.06 bits per heavy atom. The third-order valence-electron chi connectivity index (χ3n) is 2.20. The van der Waals surface area contributed by atoms with Gasteiger partial charge < -0.3 is 5.73 Å². The minimum Gasteiger partial charge on any atom is -0.398 e. The van der Waals surface area contributed by atoms with Crippen molar-refractivity contribution in [2.24, 2.45) is 0 Å². The van der Waals surface area contributed by atoms with E-state index in [0.717, 1.165) is 21.2 Å². The van der Waals surface area contributed by atoms with Crippen molar-refractivity contribution in [3.05, 3.63) is 47.1 Å². The Morgan fingerprint density at radius 1 is 1.25 bits per heavy atom. The first-order valence-electron chi connectivity index (χ1n) is 4.81. The van der Waals surface area contributed by atoms with Gasteiger partial charge in [0.2, 0.25) is 0 Å². The Hall–Kier alpha value is -1.19. The molecule has 1 aromatic carbocycles. The number of nitrogen functional groups attached to an aromatic ring is 1. The number of rotatable bonds is 2. The SMILES string of the molecule is Cc1cccc(Sc2ccc(Cl)cn2)c1N. The number of hydrogen-bond acceptors (Lipinski definition) is 3. The number of aromatic nitrogens is 1. The molecule has 0 saturated heterocycles. The molecule has 2 rings (SSSR count).